The van der Waals surface area contributed by atoms with E-state index in [2.05, 4.69) is 5.32 Å². The lowest BCUT2D eigenvalue weighted by atomic mass is 9.96. The van der Waals surface area contributed by atoms with Crippen LogP contribution in [0.2, 0.25) is 0 Å². The van der Waals surface area contributed by atoms with Crippen molar-refractivity contribution in [2.24, 2.45) is 0 Å². The number of nitrogens with one attached hydrogen (secondary N) is 1. The molecule has 1 fully saturated rings. The molecule has 2 aromatic carbocycles. The quantitative estimate of drug-likeness (QED) is 0.820. The molecule has 3 rings (SSSR count). The molecule has 1 amide bonds. The highest BCUT2D eigenvalue weighted by molar-refractivity contribution is 6.01. The topological polar surface area (TPSA) is 66.4 Å². The Hall–Kier alpha value is -2.46. The van der Waals surface area contributed by atoms with E-state index in [0.29, 0.717) is 11.1 Å². The third kappa shape index (κ3) is 3.64. The summed E-state index contributed by atoms with van der Waals surface area (Å²) < 4.78 is 0. The fraction of sp³-hybridized carbons (Fsp3) is 0.333. The highest BCUT2D eigenvalue weighted by Crippen LogP contribution is 2.30. The molecule has 0 atom stereocenters. The zero-order valence-electron chi connectivity index (χ0n) is 14.4. The number of amides is 1. The molecule has 130 valence electrons. The van der Waals surface area contributed by atoms with E-state index in [1.165, 1.54) is 0 Å². The van der Waals surface area contributed by atoms with Crippen LogP contribution < -0.4 is 5.32 Å². The number of hydrogen-bond acceptors (Lipinski definition) is 3. The van der Waals surface area contributed by atoms with Crippen LogP contribution in [0, 0.1) is 0 Å². The first-order valence-corrected chi connectivity index (χ1v) is 8.68. The van der Waals surface area contributed by atoms with Gasteiger partial charge in [0.25, 0.3) is 5.91 Å². The summed E-state index contributed by atoms with van der Waals surface area (Å²) in [5.74, 6) is -0.147. The number of carbonyl (C=O) groups excluding carboxylic acids is 2. The zero-order chi connectivity index (χ0) is 17.9. The number of carbonyl (C=O) groups is 2. The van der Waals surface area contributed by atoms with E-state index in [4.69, 9.17) is 0 Å². The normalized spacial score (nSPS) is 15.8. The molecule has 4 heteroatoms. The fourth-order valence-corrected chi connectivity index (χ4v) is 3.53. The lowest BCUT2D eigenvalue weighted by molar-refractivity contribution is 0.0838. The van der Waals surface area contributed by atoms with Crippen molar-refractivity contribution in [1.82, 2.24) is 5.32 Å². The molecular weight excluding hydrogens is 314 g/mol. The van der Waals surface area contributed by atoms with E-state index in [0.717, 1.165) is 36.8 Å². The highest BCUT2D eigenvalue weighted by Gasteiger charge is 2.34. The van der Waals surface area contributed by atoms with Gasteiger partial charge in [0.05, 0.1) is 12.1 Å². The second-order valence-corrected chi connectivity index (χ2v) is 6.78. The van der Waals surface area contributed by atoms with Gasteiger partial charge in [0.1, 0.15) is 0 Å². The Morgan fingerprint density at radius 2 is 1.68 bits per heavy atom. The zero-order valence-corrected chi connectivity index (χ0v) is 14.4. The first-order chi connectivity index (χ1) is 12.0. The van der Waals surface area contributed by atoms with Gasteiger partial charge in [-0.1, -0.05) is 49.2 Å². The van der Waals surface area contributed by atoms with E-state index >= 15 is 0 Å². The number of aliphatic hydroxyl groups is 1. The molecule has 0 aromatic heterocycles. The maximum atomic E-state index is 12.5. The Balaban J connectivity index is 1.81. The third-order valence-corrected chi connectivity index (χ3v) is 5.01. The standard InChI is InChI=1S/C21H23NO3/c1-15(24)18-6-2-3-7-19(18)16-8-10-17(11-9-16)20(25)22-21(14-23)12-4-5-13-21/h2-3,6-11,23H,4-5,12-14H2,1H3,(H,22,25). The molecule has 2 aromatic rings. The second kappa shape index (κ2) is 7.19. The summed E-state index contributed by atoms with van der Waals surface area (Å²) >= 11 is 0. The van der Waals surface area contributed by atoms with Crippen molar-refractivity contribution in [3.63, 3.8) is 0 Å². The average Bonchev–Trinajstić information content (AvgIpc) is 3.11. The molecule has 1 saturated carbocycles. The number of aliphatic hydroxyl groups excluding tert-OH is 1. The van der Waals surface area contributed by atoms with Crippen molar-refractivity contribution in [2.45, 2.75) is 38.1 Å². The van der Waals surface area contributed by atoms with Gasteiger partial charge in [-0.2, -0.15) is 0 Å². The fourth-order valence-electron chi connectivity index (χ4n) is 3.53. The van der Waals surface area contributed by atoms with Crippen LogP contribution in [0.5, 0.6) is 0 Å². The minimum atomic E-state index is -0.475. The maximum Gasteiger partial charge on any atom is 0.251 e. The predicted molar refractivity (Wildman–Crippen MR) is 97.6 cm³/mol. The number of Topliss-reactive ketones (excluding diaryl/α,β-unsaturated/α-hetero) is 1. The van der Waals surface area contributed by atoms with Crippen molar-refractivity contribution in [3.05, 3.63) is 59.7 Å². The molecule has 0 aliphatic heterocycles. The summed E-state index contributed by atoms with van der Waals surface area (Å²) in [6.07, 6.45) is 3.70. The van der Waals surface area contributed by atoms with Gasteiger partial charge in [-0.05, 0) is 43.0 Å². The first-order valence-electron chi connectivity index (χ1n) is 8.68. The van der Waals surface area contributed by atoms with E-state index in [-0.39, 0.29) is 18.3 Å². The van der Waals surface area contributed by atoms with Crippen LogP contribution in [0.1, 0.15) is 53.3 Å². The molecular formula is C21H23NO3. The first kappa shape index (κ1) is 17.4. The number of hydrogen-bond donors (Lipinski definition) is 2. The van der Waals surface area contributed by atoms with Gasteiger partial charge in [0.2, 0.25) is 0 Å². The average molecular weight is 337 g/mol. The van der Waals surface area contributed by atoms with Gasteiger partial charge in [-0.3, -0.25) is 9.59 Å². The van der Waals surface area contributed by atoms with Gasteiger partial charge in [-0.15, -0.1) is 0 Å². The van der Waals surface area contributed by atoms with Gasteiger partial charge in [0.15, 0.2) is 5.78 Å². The van der Waals surface area contributed by atoms with E-state index in [1.54, 1.807) is 19.1 Å². The predicted octanol–water partition coefficient (Wildman–Crippen LogP) is 3.59. The van der Waals surface area contributed by atoms with Crippen LogP contribution in [-0.2, 0) is 0 Å². The van der Waals surface area contributed by atoms with E-state index < -0.39 is 5.54 Å². The Bertz CT molecular complexity index is 774. The summed E-state index contributed by atoms with van der Waals surface area (Å²) in [6.45, 7) is 1.53. The van der Waals surface area contributed by atoms with Crippen LogP contribution in [0.4, 0.5) is 0 Å². The number of benzene rings is 2. The monoisotopic (exact) mass is 337 g/mol. The van der Waals surface area contributed by atoms with Crippen molar-refractivity contribution in [3.8, 4) is 11.1 Å². The minimum absolute atomic E-state index is 0.0172. The molecule has 1 aliphatic carbocycles. The van der Waals surface area contributed by atoms with Gasteiger partial charge < -0.3 is 10.4 Å². The van der Waals surface area contributed by atoms with Gasteiger partial charge >= 0.3 is 0 Å². The van der Waals surface area contributed by atoms with Crippen molar-refractivity contribution >= 4 is 11.7 Å². The summed E-state index contributed by atoms with van der Waals surface area (Å²) in [5, 5.41) is 12.6. The third-order valence-electron chi connectivity index (χ3n) is 5.01. The molecule has 0 heterocycles. The van der Waals surface area contributed by atoms with Gasteiger partial charge in [0, 0.05) is 11.1 Å². The van der Waals surface area contributed by atoms with Crippen LogP contribution >= 0.6 is 0 Å². The van der Waals surface area contributed by atoms with Crippen molar-refractivity contribution in [2.75, 3.05) is 6.61 Å². The SMILES string of the molecule is CC(=O)c1ccccc1-c1ccc(C(=O)NC2(CO)CCCC2)cc1. The Kier molecular flexibility index (Phi) is 5.00. The minimum Gasteiger partial charge on any atom is -0.394 e. The Morgan fingerprint density at radius 1 is 1.04 bits per heavy atom. The van der Waals surface area contributed by atoms with E-state index in [9.17, 15) is 14.7 Å². The summed E-state index contributed by atoms with van der Waals surface area (Å²) in [4.78, 5) is 24.3. The molecule has 2 N–H and O–H groups in total. The van der Waals surface area contributed by atoms with Crippen molar-refractivity contribution < 1.29 is 14.7 Å². The van der Waals surface area contributed by atoms with Crippen LogP contribution in [0.25, 0.3) is 11.1 Å². The van der Waals surface area contributed by atoms with Gasteiger partial charge in [-0.25, -0.2) is 0 Å². The summed E-state index contributed by atoms with van der Waals surface area (Å²) in [5.41, 5.74) is 2.52. The second-order valence-electron chi connectivity index (χ2n) is 6.78. The smallest absolute Gasteiger partial charge is 0.251 e. The van der Waals surface area contributed by atoms with E-state index in [1.807, 2.05) is 36.4 Å². The molecule has 0 spiro atoms. The van der Waals surface area contributed by atoms with Crippen molar-refractivity contribution in [1.29, 1.82) is 0 Å². The van der Waals surface area contributed by atoms with Crippen LogP contribution in [0.3, 0.4) is 0 Å². The lowest BCUT2D eigenvalue weighted by Crippen LogP contribution is -2.49. The molecule has 0 radical (unpaired) electrons. The largest absolute Gasteiger partial charge is 0.394 e. The Morgan fingerprint density at radius 3 is 2.28 bits per heavy atom. The van der Waals surface area contributed by atoms with Crippen LogP contribution in [0.15, 0.2) is 48.5 Å². The highest BCUT2D eigenvalue weighted by atomic mass is 16.3. The van der Waals surface area contributed by atoms with Crippen LogP contribution in [-0.4, -0.2) is 28.9 Å². The number of rotatable bonds is 5. The lowest BCUT2D eigenvalue weighted by Gasteiger charge is -2.28. The molecule has 0 bridgehead atoms. The number of ketones is 1. The summed E-state index contributed by atoms with van der Waals surface area (Å²) in [7, 11) is 0. The maximum absolute atomic E-state index is 12.5. The molecule has 0 unspecified atom stereocenters. The summed E-state index contributed by atoms with van der Waals surface area (Å²) in [6, 6.07) is 14.7. The molecule has 4 nitrogen and oxygen atoms in total. The molecule has 0 saturated heterocycles. The molecule has 1 aliphatic rings. The molecule has 25 heavy (non-hydrogen) atoms. The Labute approximate surface area is 147 Å².